The van der Waals surface area contributed by atoms with Gasteiger partial charge in [-0.15, -0.1) is 0 Å². The summed E-state index contributed by atoms with van der Waals surface area (Å²) in [6.45, 7) is 0. The van der Waals surface area contributed by atoms with Crippen LogP contribution in [0, 0.1) is 0 Å². The molecule has 0 saturated carbocycles. The Kier molecular flexibility index (Phi) is 1.76. The molecule has 2 N–H and O–H groups in total. The standard InChI is InChI=1S/C5H4BBrN2/c6-3-1-4(7)5(8)9-2-3/h1-2H,(H2,8,9). The van der Waals surface area contributed by atoms with Gasteiger partial charge in [0.2, 0.25) is 0 Å². The Balaban J connectivity index is 3.17. The molecule has 1 heterocycles. The molecule has 0 atom stereocenters. The summed E-state index contributed by atoms with van der Waals surface area (Å²) in [5, 5.41) is 0. The maximum Gasteiger partial charge on any atom is 0.137 e. The van der Waals surface area contributed by atoms with Crippen molar-refractivity contribution in [1.29, 1.82) is 0 Å². The van der Waals surface area contributed by atoms with E-state index in [4.69, 9.17) is 13.6 Å². The van der Waals surface area contributed by atoms with Crippen molar-refractivity contribution in [1.82, 2.24) is 4.98 Å². The summed E-state index contributed by atoms with van der Waals surface area (Å²) in [7, 11) is 5.38. The Morgan fingerprint density at radius 2 is 2.33 bits per heavy atom. The Morgan fingerprint density at radius 1 is 1.67 bits per heavy atom. The molecule has 0 amide bonds. The summed E-state index contributed by atoms with van der Waals surface area (Å²) in [6, 6.07) is 1.71. The van der Waals surface area contributed by atoms with Gasteiger partial charge in [-0.3, -0.25) is 0 Å². The lowest BCUT2D eigenvalue weighted by Crippen LogP contribution is -2.04. The highest BCUT2D eigenvalue weighted by Gasteiger charge is 1.93. The van der Waals surface area contributed by atoms with Crippen LogP contribution in [0.25, 0.3) is 0 Å². The molecular weight excluding hydrogens is 179 g/mol. The first-order chi connectivity index (χ1) is 4.20. The molecule has 1 rings (SSSR count). The van der Waals surface area contributed by atoms with Crippen molar-refractivity contribution in [2.45, 2.75) is 0 Å². The molecule has 0 spiro atoms. The molecule has 0 bridgehead atoms. The molecule has 0 aliphatic rings. The lowest BCUT2D eigenvalue weighted by molar-refractivity contribution is 1.34. The SMILES string of the molecule is [B]c1cnc(N)c(Br)c1. The predicted octanol–water partition coefficient (Wildman–Crippen LogP) is 0.220. The van der Waals surface area contributed by atoms with Gasteiger partial charge in [-0.05, 0) is 22.0 Å². The van der Waals surface area contributed by atoms with E-state index in [-0.39, 0.29) is 0 Å². The molecule has 0 aliphatic carbocycles. The van der Waals surface area contributed by atoms with Crippen LogP contribution in [0.15, 0.2) is 16.7 Å². The van der Waals surface area contributed by atoms with E-state index in [9.17, 15) is 0 Å². The van der Waals surface area contributed by atoms with Crippen molar-refractivity contribution in [3.8, 4) is 0 Å². The monoisotopic (exact) mass is 182 g/mol. The molecule has 0 aromatic carbocycles. The van der Waals surface area contributed by atoms with Gasteiger partial charge in [0, 0.05) is 6.20 Å². The number of hydrogen-bond donors (Lipinski definition) is 1. The number of nitrogens with zero attached hydrogens (tertiary/aromatic N) is 1. The smallest absolute Gasteiger partial charge is 0.137 e. The summed E-state index contributed by atoms with van der Waals surface area (Å²) in [5.41, 5.74) is 5.98. The largest absolute Gasteiger partial charge is 0.383 e. The Hall–Kier alpha value is -0.505. The summed E-state index contributed by atoms with van der Waals surface area (Å²) in [5.74, 6) is 0.462. The highest BCUT2D eigenvalue weighted by Crippen LogP contribution is 2.12. The van der Waals surface area contributed by atoms with Crippen LogP contribution < -0.4 is 11.2 Å². The summed E-state index contributed by atoms with van der Waals surface area (Å²) < 4.78 is 0.738. The fraction of sp³-hybridized carbons (Fsp3) is 0. The first kappa shape index (κ1) is 6.61. The van der Waals surface area contributed by atoms with E-state index in [1.54, 1.807) is 6.07 Å². The third-order valence-electron chi connectivity index (χ3n) is 0.891. The topological polar surface area (TPSA) is 38.9 Å². The van der Waals surface area contributed by atoms with Gasteiger partial charge in [0.1, 0.15) is 13.7 Å². The quantitative estimate of drug-likeness (QED) is 0.584. The van der Waals surface area contributed by atoms with Crippen molar-refractivity contribution < 1.29 is 0 Å². The zero-order valence-corrected chi connectivity index (χ0v) is 6.22. The van der Waals surface area contributed by atoms with Gasteiger partial charge in [0.15, 0.2) is 0 Å². The average molecular weight is 183 g/mol. The lowest BCUT2D eigenvalue weighted by Gasteiger charge is -1.95. The van der Waals surface area contributed by atoms with Gasteiger partial charge in [-0.25, -0.2) is 4.98 Å². The summed E-state index contributed by atoms with van der Waals surface area (Å²) >= 11 is 3.18. The zero-order valence-electron chi connectivity index (χ0n) is 4.63. The highest BCUT2D eigenvalue weighted by molar-refractivity contribution is 9.10. The van der Waals surface area contributed by atoms with Crippen molar-refractivity contribution in [3.63, 3.8) is 0 Å². The average Bonchev–Trinajstić information content (AvgIpc) is 1.80. The second-order valence-corrected chi connectivity index (χ2v) is 2.49. The Labute approximate surface area is 63.0 Å². The van der Waals surface area contributed by atoms with Crippen molar-refractivity contribution in [2.24, 2.45) is 0 Å². The number of anilines is 1. The van der Waals surface area contributed by atoms with Crippen molar-refractivity contribution >= 4 is 35.1 Å². The van der Waals surface area contributed by atoms with Gasteiger partial charge in [-0.2, -0.15) is 0 Å². The molecule has 9 heavy (non-hydrogen) atoms. The molecule has 4 heteroatoms. The van der Waals surface area contributed by atoms with Crippen LogP contribution in [-0.2, 0) is 0 Å². The van der Waals surface area contributed by atoms with Crippen LogP contribution in [0.1, 0.15) is 0 Å². The molecule has 1 aromatic heterocycles. The summed E-state index contributed by atoms with van der Waals surface area (Å²) in [6.07, 6.45) is 1.51. The number of nitrogen functional groups attached to an aromatic ring is 1. The molecule has 0 unspecified atom stereocenters. The van der Waals surface area contributed by atoms with E-state index < -0.39 is 0 Å². The number of nitrogens with two attached hydrogens (primary N) is 1. The van der Waals surface area contributed by atoms with E-state index in [1.165, 1.54) is 6.20 Å². The number of pyridine rings is 1. The Morgan fingerprint density at radius 3 is 2.78 bits per heavy atom. The van der Waals surface area contributed by atoms with Crippen LogP contribution in [0.2, 0.25) is 0 Å². The van der Waals surface area contributed by atoms with E-state index in [0.717, 1.165) is 4.47 Å². The number of halogens is 1. The van der Waals surface area contributed by atoms with E-state index in [1.807, 2.05) is 0 Å². The van der Waals surface area contributed by atoms with E-state index >= 15 is 0 Å². The molecule has 0 fully saturated rings. The van der Waals surface area contributed by atoms with Crippen molar-refractivity contribution in [2.75, 3.05) is 5.73 Å². The maximum absolute atomic E-state index is 5.38. The fourth-order valence-electron chi connectivity index (χ4n) is 0.463. The van der Waals surface area contributed by atoms with Gasteiger partial charge in [0.05, 0.1) is 4.47 Å². The number of hydrogen-bond acceptors (Lipinski definition) is 2. The minimum absolute atomic E-state index is 0.462. The second-order valence-electron chi connectivity index (χ2n) is 1.64. The van der Waals surface area contributed by atoms with Gasteiger partial charge >= 0.3 is 0 Å². The van der Waals surface area contributed by atoms with E-state index in [2.05, 4.69) is 20.9 Å². The third-order valence-corrected chi connectivity index (χ3v) is 1.53. The van der Waals surface area contributed by atoms with Crippen LogP contribution >= 0.6 is 15.9 Å². The Bertz CT molecular complexity index is 226. The minimum atomic E-state index is 0.462. The van der Waals surface area contributed by atoms with Crippen LogP contribution in [0.4, 0.5) is 5.82 Å². The van der Waals surface area contributed by atoms with Gasteiger partial charge < -0.3 is 5.73 Å². The first-order valence-corrected chi connectivity index (χ1v) is 3.16. The molecule has 44 valence electrons. The maximum atomic E-state index is 5.38. The first-order valence-electron chi connectivity index (χ1n) is 2.36. The normalized spacial score (nSPS) is 9.44. The number of aromatic nitrogens is 1. The molecule has 0 saturated heterocycles. The number of rotatable bonds is 0. The molecule has 2 nitrogen and oxygen atoms in total. The fourth-order valence-corrected chi connectivity index (χ4v) is 0.830. The minimum Gasteiger partial charge on any atom is -0.383 e. The van der Waals surface area contributed by atoms with Crippen molar-refractivity contribution in [3.05, 3.63) is 16.7 Å². The lowest BCUT2D eigenvalue weighted by atomic mass is 9.99. The van der Waals surface area contributed by atoms with Gasteiger partial charge in [-0.1, -0.05) is 5.46 Å². The van der Waals surface area contributed by atoms with Crippen LogP contribution in [0.3, 0.4) is 0 Å². The van der Waals surface area contributed by atoms with E-state index in [0.29, 0.717) is 11.3 Å². The molecular formula is C5H4BBrN2. The highest BCUT2D eigenvalue weighted by atomic mass is 79.9. The molecule has 0 aliphatic heterocycles. The van der Waals surface area contributed by atoms with Crippen LogP contribution in [-0.4, -0.2) is 12.8 Å². The predicted molar refractivity (Wildman–Crippen MR) is 41.7 cm³/mol. The van der Waals surface area contributed by atoms with Gasteiger partial charge in [0.25, 0.3) is 0 Å². The molecule has 1 aromatic rings. The summed E-state index contributed by atoms with van der Waals surface area (Å²) in [4.78, 5) is 3.78. The van der Waals surface area contributed by atoms with Crippen LogP contribution in [0.5, 0.6) is 0 Å². The zero-order chi connectivity index (χ0) is 6.85. The molecule has 2 radical (unpaired) electrons. The third kappa shape index (κ3) is 1.45. The second kappa shape index (κ2) is 2.39.